The van der Waals surface area contributed by atoms with Crippen molar-refractivity contribution in [1.29, 1.82) is 0 Å². The molecule has 1 N–H and O–H groups in total. The summed E-state index contributed by atoms with van der Waals surface area (Å²) in [6.07, 6.45) is 1.96. The Morgan fingerprint density at radius 1 is 1.60 bits per heavy atom. The van der Waals surface area contributed by atoms with Gasteiger partial charge in [0.1, 0.15) is 11.5 Å². The number of ketones is 1. The summed E-state index contributed by atoms with van der Waals surface area (Å²) in [4.78, 5) is 12.0. The van der Waals surface area contributed by atoms with Crippen LogP contribution in [0.4, 0.5) is 0 Å². The first-order valence-corrected chi connectivity index (χ1v) is 6.10. The van der Waals surface area contributed by atoms with Gasteiger partial charge in [0.15, 0.2) is 5.78 Å². The summed E-state index contributed by atoms with van der Waals surface area (Å²) in [6, 6.07) is 4.64. The molecule has 0 saturated heterocycles. The molecule has 0 fully saturated rings. The van der Waals surface area contributed by atoms with E-state index in [9.17, 15) is 9.90 Å². The third kappa shape index (κ3) is 1.95. The molecule has 80 valence electrons. The molecule has 0 radical (unpaired) electrons. The van der Waals surface area contributed by atoms with Gasteiger partial charge in [-0.05, 0) is 24.5 Å². The highest BCUT2D eigenvalue weighted by Gasteiger charge is 2.28. The Hall–Kier alpha value is -1.16. The van der Waals surface area contributed by atoms with Crippen LogP contribution in [-0.2, 0) is 0 Å². The Kier molecular flexibility index (Phi) is 2.86. The number of carbonyl (C=O) groups is 1. The van der Waals surface area contributed by atoms with E-state index in [0.717, 1.165) is 5.75 Å². The molecule has 15 heavy (non-hydrogen) atoms. The van der Waals surface area contributed by atoms with Gasteiger partial charge in [0.05, 0.1) is 18.1 Å². The number of rotatable bonds is 2. The SMILES string of the molecule is CSCC1COc2ccc(O)cc2C1=O. The number of hydrogen-bond acceptors (Lipinski definition) is 4. The molecule has 1 aromatic carbocycles. The minimum absolute atomic E-state index is 0.0708. The number of fused-ring (bicyclic) bond motifs is 1. The summed E-state index contributed by atoms with van der Waals surface area (Å²) >= 11 is 1.63. The molecular weight excluding hydrogens is 212 g/mol. The summed E-state index contributed by atoms with van der Waals surface area (Å²) in [7, 11) is 0. The van der Waals surface area contributed by atoms with Crippen molar-refractivity contribution in [2.24, 2.45) is 5.92 Å². The molecule has 0 aromatic heterocycles. The lowest BCUT2D eigenvalue weighted by molar-refractivity contribution is 0.0852. The zero-order valence-corrected chi connectivity index (χ0v) is 9.21. The maximum atomic E-state index is 12.0. The van der Waals surface area contributed by atoms with Crippen LogP contribution in [0.25, 0.3) is 0 Å². The average Bonchev–Trinajstić information content (AvgIpc) is 2.23. The Morgan fingerprint density at radius 2 is 2.40 bits per heavy atom. The Labute approximate surface area is 92.4 Å². The first-order chi connectivity index (χ1) is 7.22. The number of phenols is 1. The van der Waals surface area contributed by atoms with Gasteiger partial charge < -0.3 is 9.84 Å². The van der Waals surface area contributed by atoms with Crippen molar-refractivity contribution in [2.45, 2.75) is 0 Å². The second kappa shape index (κ2) is 4.14. The minimum atomic E-state index is -0.0886. The van der Waals surface area contributed by atoms with E-state index < -0.39 is 0 Å². The minimum Gasteiger partial charge on any atom is -0.508 e. The number of Topliss-reactive ketones (excluding diaryl/α,β-unsaturated/α-hetero) is 1. The maximum Gasteiger partial charge on any atom is 0.174 e. The van der Waals surface area contributed by atoms with E-state index in [1.165, 1.54) is 12.1 Å². The molecule has 0 saturated carbocycles. The molecule has 2 rings (SSSR count). The van der Waals surface area contributed by atoms with E-state index in [1.54, 1.807) is 17.8 Å². The number of hydrogen-bond donors (Lipinski definition) is 1. The van der Waals surface area contributed by atoms with E-state index in [1.807, 2.05) is 6.26 Å². The van der Waals surface area contributed by atoms with E-state index in [2.05, 4.69) is 0 Å². The van der Waals surface area contributed by atoms with Gasteiger partial charge in [-0.1, -0.05) is 0 Å². The van der Waals surface area contributed by atoms with Crippen molar-refractivity contribution < 1.29 is 14.6 Å². The van der Waals surface area contributed by atoms with Crippen LogP contribution < -0.4 is 4.74 Å². The molecule has 0 bridgehead atoms. The lowest BCUT2D eigenvalue weighted by Crippen LogP contribution is -2.29. The molecule has 0 amide bonds. The predicted molar refractivity (Wildman–Crippen MR) is 59.8 cm³/mol. The van der Waals surface area contributed by atoms with Crippen LogP contribution in [0.2, 0.25) is 0 Å². The van der Waals surface area contributed by atoms with Crippen LogP contribution in [0.5, 0.6) is 11.5 Å². The van der Waals surface area contributed by atoms with E-state index >= 15 is 0 Å². The standard InChI is InChI=1S/C11H12O3S/c1-15-6-7-5-14-10-3-2-8(12)4-9(10)11(7)13/h2-4,7,12H,5-6H2,1H3. The van der Waals surface area contributed by atoms with E-state index in [4.69, 9.17) is 4.74 Å². The third-order valence-electron chi connectivity index (χ3n) is 2.41. The number of phenolic OH excluding ortho intramolecular Hbond substituents is 1. The van der Waals surface area contributed by atoms with Crippen LogP contribution >= 0.6 is 11.8 Å². The summed E-state index contributed by atoms with van der Waals surface area (Å²) in [5.41, 5.74) is 0.500. The van der Waals surface area contributed by atoms with Crippen molar-refractivity contribution >= 4 is 17.5 Å². The van der Waals surface area contributed by atoms with Gasteiger partial charge in [0, 0.05) is 5.75 Å². The molecular formula is C11H12O3S. The van der Waals surface area contributed by atoms with Gasteiger partial charge in [0.2, 0.25) is 0 Å². The van der Waals surface area contributed by atoms with Crippen LogP contribution in [0.3, 0.4) is 0 Å². The first-order valence-electron chi connectivity index (χ1n) is 4.71. The van der Waals surface area contributed by atoms with Gasteiger partial charge in [-0.15, -0.1) is 0 Å². The number of thioether (sulfide) groups is 1. The second-order valence-corrected chi connectivity index (χ2v) is 4.42. The second-order valence-electron chi connectivity index (χ2n) is 3.51. The van der Waals surface area contributed by atoms with Crippen LogP contribution in [0.1, 0.15) is 10.4 Å². The van der Waals surface area contributed by atoms with Crippen molar-refractivity contribution in [3.05, 3.63) is 23.8 Å². The molecule has 3 nitrogen and oxygen atoms in total. The normalized spacial score (nSPS) is 19.5. The summed E-state index contributed by atoms with van der Waals surface area (Å²) in [5, 5.41) is 9.31. The summed E-state index contributed by atoms with van der Waals surface area (Å²) in [6.45, 7) is 0.442. The quantitative estimate of drug-likeness (QED) is 0.834. The fourth-order valence-electron chi connectivity index (χ4n) is 1.65. The van der Waals surface area contributed by atoms with Crippen LogP contribution in [-0.4, -0.2) is 29.5 Å². The lowest BCUT2D eigenvalue weighted by Gasteiger charge is -2.23. The fourth-order valence-corrected chi connectivity index (χ4v) is 2.30. The number of ether oxygens (including phenoxy) is 1. The van der Waals surface area contributed by atoms with Gasteiger partial charge in [0.25, 0.3) is 0 Å². The van der Waals surface area contributed by atoms with Crippen molar-refractivity contribution in [3.8, 4) is 11.5 Å². The predicted octanol–water partition coefficient (Wildman–Crippen LogP) is 1.95. The summed E-state index contributed by atoms with van der Waals surface area (Å²) in [5.74, 6) is 1.43. The summed E-state index contributed by atoms with van der Waals surface area (Å²) < 4.78 is 5.47. The van der Waals surface area contributed by atoms with Gasteiger partial charge >= 0.3 is 0 Å². The molecule has 1 aromatic rings. The smallest absolute Gasteiger partial charge is 0.174 e. The van der Waals surface area contributed by atoms with Crippen molar-refractivity contribution in [1.82, 2.24) is 0 Å². The molecule has 1 heterocycles. The van der Waals surface area contributed by atoms with E-state index in [0.29, 0.717) is 17.9 Å². The zero-order chi connectivity index (χ0) is 10.8. The zero-order valence-electron chi connectivity index (χ0n) is 8.40. The largest absolute Gasteiger partial charge is 0.508 e. The van der Waals surface area contributed by atoms with Crippen molar-refractivity contribution in [2.75, 3.05) is 18.6 Å². The molecule has 1 aliphatic rings. The Balaban J connectivity index is 2.32. The Morgan fingerprint density at radius 3 is 3.13 bits per heavy atom. The molecule has 0 spiro atoms. The third-order valence-corrected chi connectivity index (χ3v) is 3.14. The maximum absolute atomic E-state index is 12.0. The molecule has 1 aliphatic heterocycles. The van der Waals surface area contributed by atoms with Gasteiger partial charge in [-0.2, -0.15) is 11.8 Å². The molecule has 4 heteroatoms. The topological polar surface area (TPSA) is 46.5 Å². The van der Waals surface area contributed by atoms with E-state index in [-0.39, 0.29) is 17.5 Å². The monoisotopic (exact) mass is 224 g/mol. The fraction of sp³-hybridized carbons (Fsp3) is 0.364. The van der Waals surface area contributed by atoms with Crippen molar-refractivity contribution in [3.63, 3.8) is 0 Å². The first kappa shape index (κ1) is 10.4. The Bertz CT molecular complexity index is 389. The van der Waals surface area contributed by atoms with Gasteiger partial charge in [-0.3, -0.25) is 4.79 Å². The lowest BCUT2D eigenvalue weighted by atomic mass is 9.96. The molecule has 0 aliphatic carbocycles. The molecule has 1 atom stereocenters. The van der Waals surface area contributed by atoms with Gasteiger partial charge in [-0.25, -0.2) is 0 Å². The van der Waals surface area contributed by atoms with Crippen LogP contribution in [0.15, 0.2) is 18.2 Å². The number of aromatic hydroxyl groups is 1. The molecule has 1 unspecified atom stereocenters. The number of carbonyl (C=O) groups excluding carboxylic acids is 1. The highest BCUT2D eigenvalue weighted by Crippen LogP contribution is 2.31. The average molecular weight is 224 g/mol. The van der Waals surface area contributed by atoms with Crippen LogP contribution in [0, 0.1) is 5.92 Å². The highest BCUT2D eigenvalue weighted by atomic mass is 32.2. The number of benzene rings is 1. The highest BCUT2D eigenvalue weighted by molar-refractivity contribution is 7.98.